The molecule has 1 aromatic heterocycles. The van der Waals surface area contributed by atoms with Crippen molar-refractivity contribution in [3.63, 3.8) is 0 Å². The largest absolute Gasteiger partial charge is 0.351 e. The van der Waals surface area contributed by atoms with Gasteiger partial charge in [0.05, 0.1) is 18.8 Å². The topological polar surface area (TPSA) is 78.3 Å². The Labute approximate surface area is 161 Å². The van der Waals surface area contributed by atoms with Crippen molar-refractivity contribution in [1.82, 2.24) is 20.3 Å². The van der Waals surface area contributed by atoms with Crippen LogP contribution in [0.2, 0.25) is 0 Å². The Morgan fingerprint density at radius 3 is 2.22 bits per heavy atom. The van der Waals surface area contributed by atoms with Gasteiger partial charge in [-0.25, -0.2) is 4.68 Å². The molecule has 0 bridgehead atoms. The minimum Gasteiger partial charge on any atom is -0.351 e. The Morgan fingerprint density at radius 2 is 1.67 bits per heavy atom. The summed E-state index contributed by atoms with van der Waals surface area (Å²) in [6.45, 7) is 11.5. The summed E-state index contributed by atoms with van der Waals surface area (Å²) in [5, 5.41) is 10.9. The van der Waals surface area contributed by atoms with Crippen molar-refractivity contribution < 1.29 is 14.3 Å². The summed E-state index contributed by atoms with van der Waals surface area (Å²) in [5.41, 5.74) is 2.60. The number of aromatic nitrogens is 3. The molecule has 1 unspecified atom stereocenters. The van der Waals surface area contributed by atoms with E-state index in [-0.39, 0.29) is 17.6 Å². The van der Waals surface area contributed by atoms with Crippen LogP contribution in [0.1, 0.15) is 68.2 Å². The zero-order valence-electron chi connectivity index (χ0n) is 16.8. The van der Waals surface area contributed by atoms with Gasteiger partial charge < -0.3 is 14.8 Å². The van der Waals surface area contributed by atoms with Gasteiger partial charge in [-0.2, -0.15) is 0 Å². The van der Waals surface area contributed by atoms with E-state index in [1.165, 1.54) is 5.56 Å². The molecule has 0 fully saturated rings. The molecule has 7 heteroatoms. The predicted molar refractivity (Wildman–Crippen MR) is 103 cm³/mol. The molecule has 27 heavy (non-hydrogen) atoms. The van der Waals surface area contributed by atoms with Crippen LogP contribution < -0.4 is 5.32 Å². The van der Waals surface area contributed by atoms with Crippen molar-refractivity contribution in [3.05, 3.63) is 47.3 Å². The lowest BCUT2D eigenvalue weighted by Gasteiger charge is -2.16. The Bertz CT molecular complexity index is 706. The molecular formula is C20H30N4O3. The summed E-state index contributed by atoms with van der Waals surface area (Å²) in [5.74, 6) is 0.224. The fraction of sp³-hybridized carbons (Fsp3) is 0.550. The number of nitrogens with one attached hydrogen (secondary N) is 1. The average molecular weight is 374 g/mol. The molecule has 2 aromatic rings. The van der Waals surface area contributed by atoms with Gasteiger partial charge in [0.1, 0.15) is 0 Å². The molecule has 0 saturated carbocycles. The van der Waals surface area contributed by atoms with Crippen molar-refractivity contribution >= 4 is 5.91 Å². The molecule has 148 valence electrons. The first-order valence-electron chi connectivity index (χ1n) is 9.48. The van der Waals surface area contributed by atoms with Crippen molar-refractivity contribution in [3.8, 4) is 0 Å². The van der Waals surface area contributed by atoms with Crippen molar-refractivity contribution in [2.45, 2.75) is 59.4 Å². The zero-order chi connectivity index (χ0) is 19.8. The third-order valence-electron chi connectivity index (χ3n) is 4.26. The van der Waals surface area contributed by atoms with Gasteiger partial charge >= 0.3 is 0 Å². The highest BCUT2D eigenvalue weighted by Gasteiger charge is 2.17. The fourth-order valence-corrected chi connectivity index (χ4v) is 2.69. The SMILES string of the molecule is CCOC(Cn1cc(C(=O)NC(C)c2ccc(C(C)C)cc2)nn1)OCC. The van der Waals surface area contributed by atoms with E-state index >= 15 is 0 Å². The smallest absolute Gasteiger partial charge is 0.273 e. The first-order chi connectivity index (χ1) is 12.9. The molecule has 0 aliphatic rings. The Hall–Kier alpha value is -2.25. The van der Waals surface area contributed by atoms with Gasteiger partial charge in [-0.3, -0.25) is 4.79 Å². The zero-order valence-corrected chi connectivity index (χ0v) is 16.8. The second-order valence-electron chi connectivity index (χ2n) is 6.68. The molecule has 1 amide bonds. The number of nitrogens with zero attached hydrogens (tertiary/aromatic N) is 3. The lowest BCUT2D eigenvalue weighted by molar-refractivity contribution is -0.145. The molecule has 0 spiro atoms. The molecule has 7 nitrogen and oxygen atoms in total. The van der Waals surface area contributed by atoms with Crippen LogP contribution in [-0.2, 0) is 16.0 Å². The van der Waals surface area contributed by atoms with Gasteiger partial charge in [0.15, 0.2) is 12.0 Å². The van der Waals surface area contributed by atoms with Crippen LogP contribution >= 0.6 is 0 Å². The van der Waals surface area contributed by atoms with E-state index in [2.05, 4.69) is 41.6 Å². The van der Waals surface area contributed by atoms with E-state index < -0.39 is 6.29 Å². The quantitative estimate of drug-likeness (QED) is 0.646. The van der Waals surface area contributed by atoms with Crippen LogP contribution in [0.4, 0.5) is 0 Å². The highest BCUT2D eigenvalue weighted by atomic mass is 16.7. The maximum absolute atomic E-state index is 12.5. The van der Waals surface area contributed by atoms with Gasteiger partial charge in [-0.05, 0) is 37.8 Å². The second kappa shape index (κ2) is 10.2. The Kier molecular flexibility index (Phi) is 7.94. The number of carbonyl (C=O) groups is 1. The average Bonchev–Trinajstić information content (AvgIpc) is 3.11. The number of rotatable bonds is 10. The van der Waals surface area contributed by atoms with E-state index in [1.54, 1.807) is 10.9 Å². The Morgan fingerprint density at radius 1 is 1.07 bits per heavy atom. The summed E-state index contributed by atoms with van der Waals surface area (Å²) < 4.78 is 12.5. The standard InChI is InChI=1S/C20H30N4O3/c1-6-26-19(27-7-2)13-24-12-18(22-23-24)20(25)21-15(5)17-10-8-16(9-11-17)14(3)4/h8-12,14-15,19H,6-7,13H2,1-5H3,(H,21,25). The summed E-state index contributed by atoms with van der Waals surface area (Å²) in [6.07, 6.45) is 1.20. The molecule has 0 aliphatic carbocycles. The van der Waals surface area contributed by atoms with Crippen molar-refractivity contribution in [2.24, 2.45) is 0 Å². The highest BCUT2D eigenvalue weighted by Crippen LogP contribution is 2.18. The van der Waals surface area contributed by atoms with Crippen LogP contribution in [0.25, 0.3) is 0 Å². The minimum absolute atomic E-state index is 0.122. The molecule has 0 radical (unpaired) electrons. The summed E-state index contributed by atoms with van der Waals surface area (Å²) in [7, 11) is 0. The maximum atomic E-state index is 12.5. The number of hydrogen-bond acceptors (Lipinski definition) is 5. The maximum Gasteiger partial charge on any atom is 0.273 e. The van der Waals surface area contributed by atoms with E-state index in [0.717, 1.165) is 5.56 Å². The lowest BCUT2D eigenvalue weighted by Crippen LogP contribution is -2.27. The summed E-state index contributed by atoms with van der Waals surface area (Å²) in [6, 6.07) is 8.17. The molecule has 1 atom stereocenters. The van der Waals surface area contributed by atoms with Crippen molar-refractivity contribution in [2.75, 3.05) is 13.2 Å². The van der Waals surface area contributed by atoms with Gasteiger partial charge in [0.2, 0.25) is 0 Å². The lowest BCUT2D eigenvalue weighted by atomic mass is 9.99. The summed E-state index contributed by atoms with van der Waals surface area (Å²) in [4.78, 5) is 12.5. The Balaban J connectivity index is 1.96. The number of hydrogen-bond donors (Lipinski definition) is 1. The number of amides is 1. The van der Waals surface area contributed by atoms with Crippen LogP contribution in [0.3, 0.4) is 0 Å². The van der Waals surface area contributed by atoms with E-state index in [4.69, 9.17) is 9.47 Å². The molecule has 0 aliphatic heterocycles. The highest BCUT2D eigenvalue weighted by molar-refractivity contribution is 5.92. The van der Waals surface area contributed by atoms with Crippen molar-refractivity contribution in [1.29, 1.82) is 0 Å². The third-order valence-corrected chi connectivity index (χ3v) is 4.26. The monoisotopic (exact) mass is 374 g/mol. The molecule has 1 N–H and O–H groups in total. The van der Waals surface area contributed by atoms with Crippen LogP contribution in [0.15, 0.2) is 30.5 Å². The van der Waals surface area contributed by atoms with Gasteiger partial charge in [-0.1, -0.05) is 43.3 Å². The first kappa shape index (κ1) is 21.1. The minimum atomic E-state index is -0.406. The number of ether oxygens (including phenoxy) is 2. The van der Waals surface area contributed by atoms with E-state index in [1.807, 2.05) is 32.9 Å². The third kappa shape index (κ3) is 6.15. The predicted octanol–water partition coefficient (Wildman–Crippen LogP) is 3.29. The van der Waals surface area contributed by atoms with E-state index in [9.17, 15) is 4.79 Å². The molecule has 1 aromatic carbocycles. The normalized spacial score (nSPS) is 12.6. The molecular weight excluding hydrogens is 344 g/mol. The van der Waals surface area contributed by atoms with Gasteiger partial charge in [-0.15, -0.1) is 5.10 Å². The molecule has 2 rings (SSSR count). The fourth-order valence-electron chi connectivity index (χ4n) is 2.69. The number of carbonyl (C=O) groups excluding carboxylic acids is 1. The molecule has 0 saturated heterocycles. The van der Waals surface area contributed by atoms with Crippen LogP contribution in [0.5, 0.6) is 0 Å². The first-order valence-corrected chi connectivity index (χ1v) is 9.48. The van der Waals surface area contributed by atoms with Gasteiger partial charge in [0, 0.05) is 13.2 Å². The van der Waals surface area contributed by atoms with E-state index in [0.29, 0.717) is 25.7 Å². The van der Waals surface area contributed by atoms with Crippen LogP contribution in [-0.4, -0.2) is 40.4 Å². The summed E-state index contributed by atoms with van der Waals surface area (Å²) >= 11 is 0. The molecule has 1 heterocycles. The van der Waals surface area contributed by atoms with Gasteiger partial charge in [0.25, 0.3) is 5.91 Å². The second-order valence-corrected chi connectivity index (χ2v) is 6.68. The van der Waals surface area contributed by atoms with Crippen LogP contribution in [0, 0.1) is 0 Å². The number of benzene rings is 1.